The third-order valence-electron chi connectivity index (χ3n) is 4.18. The van der Waals surface area contributed by atoms with E-state index in [1.807, 2.05) is 42.4 Å². The summed E-state index contributed by atoms with van der Waals surface area (Å²) in [6.07, 6.45) is 4.07. The predicted molar refractivity (Wildman–Crippen MR) is 93.8 cm³/mol. The number of likely N-dealkylation sites (tertiary alicyclic amines) is 1. The summed E-state index contributed by atoms with van der Waals surface area (Å²) in [4.78, 5) is 14.6. The molecular formula is C17H21BrN4O. The van der Waals surface area contributed by atoms with Crippen LogP contribution in [0.25, 0.3) is 5.69 Å². The van der Waals surface area contributed by atoms with Crippen LogP contribution in [-0.2, 0) is 0 Å². The van der Waals surface area contributed by atoms with Crippen LogP contribution in [0.2, 0.25) is 0 Å². The molecule has 0 radical (unpaired) electrons. The van der Waals surface area contributed by atoms with Gasteiger partial charge in [0.25, 0.3) is 5.91 Å². The monoisotopic (exact) mass is 376 g/mol. The molecule has 6 heteroatoms. The highest BCUT2D eigenvalue weighted by Gasteiger charge is 2.25. The van der Waals surface area contributed by atoms with Crippen LogP contribution in [0.4, 0.5) is 0 Å². The molecule has 0 bridgehead atoms. The molecule has 2 heterocycles. The minimum absolute atomic E-state index is 0.0274. The first-order chi connectivity index (χ1) is 11.2. The van der Waals surface area contributed by atoms with E-state index < -0.39 is 0 Å². The highest BCUT2D eigenvalue weighted by molar-refractivity contribution is 9.10. The number of aromatic nitrogens is 2. The molecule has 1 aromatic carbocycles. The number of carbonyl (C=O) groups excluding carboxylic acids is 1. The lowest BCUT2D eigenvalue weighted by molar-refractivity contribution is 0.0668. The van der Waals surface area contributed by atoms with E-state index in [9.17, 15) is 4.79 Å². The summed E-state index contributed by atoms with van der Waals surface area (Å²) >= 11 is 3.46. The first-order valence-corrected chi connectivity index (χ1v) is 8.72. The second kappa shape index (κ2) is 7.27. The van der Waals surface area contributed by atoms with Gasteiger partial charge >= 0.3 is 0 Å². The van der Waals surface area contributed by atoms with Crippen LogP contribution in [-0.4, -0.2) is 47.3 Å². The fraction of sp³-hybridized carbons (Fsp3) is 0.412. The average molecular weight is 377 g/mol. The van der Waals surface area contributed by atoms with Gasteiger partial charge in [0.05, 0.1) is 5.69 Å². The summed E-state index contributed by atoms with van der Waals surface area (Å²) in [7, 11) is 1.96. The van der Waals surface area contributed by atoms with Crippen molar-refractivity contribution in [2.24, 2.45) is 5.92 Å². The summed E-state index contributed by atoms with van der Waals surface area (Å²) in [6, 6.07) is 9.66. The van der Waals surface area contributed by atoms with Crippen LogP contribution in [0, 0.1) is 5.92 Å². The van der Waals surface area contributed by atoms with Crippen molar-refractivity contribution < 1.29 is 4.79 Å². The number of piperidine rings is 1. The normalized spacial score (nSPS) is 18.2. The van der Waals surface area contributed by atoms with Crippen LogP contribution in [0.5, 0.6) is 0 Å². The average Bonchev–Trinajstić information content (AvgIpc) is 3.05. The molecule has 0 saturated carbocycles. The molecule has 5 nitrogen and oxygen atoms in total. The van der Waals surface area contributed by atoms with Crippen molar-refractivity contribution in [1.82, 2.24) is 20.0 Å². The van der Waals surface area contributed by atoms with E-state index in [-0.39, 0.29) is 5.91 Å². The highest BCUT2D eigenvalue weighted by atomic mass is 79.9. The summed E-state index contributed by atoms with van der Waals surface area (Å²) in [6.45, 7) is 2.59. The number of nitrogens with zero attached hydrogens (tertiary/aromatic N) is 3. The van der Waals surface area contributed by atoms with E-state index in [0.29, 0.717) is 11.6 Å². The van der Waals surface area contributed by atoms with Crippen molar-refractivity contribution in [2.45, 2.75) is 12.8 Å². The Kier molecular flexibility index (Phi) is 5.13. The smallest absolute Gasteiger partial charge is 0.274 e. The molecule has 1 aliphatic heterocycles. The Bertz CT molecular complexity index is 683. The van der Waals surface area contributed by atoms with Gasteiger partial charge in [0.15, 0.2) is 5.69 Å². The van der Waals surface area contributed by atoms with Gasteiger partial charge in [-0.3, -0.25) is 4.79 Å². The number of halogens is 1. The number of rotatable bonds is 4. The first-order valence-electron chi connectivity index (χ1n) is 7.93. The van der Waals surface area contributed by atoms with Gasteiger partial charge in [-0.05, 0) is 56.6 Å². The van der Waals surface area contributed by atoms with E-state index in [1.165, 1.54) is 6.42 Å². The minimum Gasteiger partial charge on any atom is -0.337 e. The SMILES string of the molecule is CNC[C@H]1CCCN(C(=O)c2ccn(-c3cccc(Br)c3)n2)C1. The number of carbonyl (C=O) groups is 1. The zero-order valence-electron chi connectivity index (χ0n) is 13.2. The quantitative estimate of drug-likeness (QED) is 0.892. The van der Waals surface area contributed by atoms with Crippen LogP contribution in [0.1, 0.15) is 23.3 Å². The van der Waals surface area contributed by atoms with Crippen molar-refractivity contribution >= 4 is 21.8 Å². The molecular weight excluding hydrogens is 356 g/mol. The summed E-state index contributed by atoms with van der Waals surface area (Å²) in [5.41, 5.74) is 1.44. The number of amides is 1. The van der Waals surface area contributed by atoms with Crippen molar-refractivity contribution in [1.29, 1.82) is 0 Å². The van der Waals surface area contributed by atoms with Gasteiger partial charge in [-0.25, -0.2) is 4.68 Å². The molecule has 1 N–H and O–H groups in total. The highest BCUT2D eigenvalue weighted by Crippen LogP contribution is 2.19. The van der Waals surface area contributed by atoms with Gasteiger partial charge < -0.3 is 10.2 Å². The zero-order chi connectivity index (χ0) is 16.2. The predicted octanol–water partition coefficient (Wildman–Crippen LogP) is 2.71. The van der Waals surface area contributed by atoms with Crippen LogP contribution in [0.15, 0.2) is 41.0 Å². The van der Waals surface area contributed by atoms with Gasteiger partial charge in [-0.15, -0.1) is 0 Å². The Labute approximate surface area is 144 Å². The summed E-state index contributed by atoms with van der Waals surface area (Å²) in [5, 5.41) is 7.66. The lowest BCUT2D eigenvalue weighted by Gasteiger charge is -2.32. The molecule has 1 saturated heterocycles. The third-order valence-corrected chi connectivity index (χ3v) is 4.67. The molecule has 122 valence electrons. The summed E-state index contributed by atoms with van der Waals surface area (Å²) in [5.74, 6) is 0.560. The first kappa shape index (κ1) is 16.2. The molecule has 1 aromatic heterocycles. The number of hydrogen-bond donors (Lipinski definition) is 1. The molecule has 1 aliphatic rings. The molecule has 0 aliphatic carbocycles. The second-order valence-electron chi connectivity index (χ2n) is 5.94. The Hall–Kier alpha value is -1.66. The number of hydrogen-bond acceptors (Lipinski definition) is 3. The van der Waals surface area contributed by atoms with Crippen LogP contribution < -0.4 is 5.32 Å². The van der Waals surface area contributed by atoms with E-state index in [2.05, 4.69) is 26.3 Å². The molecule has 1 atom stereocenters. The van der Waals surface area contributed by atoms with E-state index in [4.69, 9.17) is 0 Å². The van der Waals surface area contributed by atoms with Crippen molar-refractivity contribution in [3.8, 4) is 5.69 Å². The maximum Gasteiger partial charge on any atom is 0.274 e. The maximum atomic E-state index is 12.7. The third kappa shape index (κ3) is 3.82. The van der Waals surface area contributed by atoms with Crippen molar-refractivity contribution in [3.05, 3.63) is 46.7 Å². The fourth-order valence-corrected chi connectivity index (χ4v) is 3.45. The Morgan fingerprint density at radius 3 is 3.09 bits per heavy atom. The summed E-state index contributed by atoms with van der Waals surface area (Å²) < 4.78 is 2.73. The minimum atomic E-state index is 0.0274. The van der Waals surface area contributed by atoms with Crippen molar-refractivity contribution in [2.75, 3.05) is 26.7 Å². The zero-order valence-corrected chi connectivity index (χ0v) is 14.8. The lowest BCUT2D eigenvalue weighted by Crippen LogP contribution is -2.42. The second-order valence-corrected chi connectivity index (χ2v) is 6.86. The van der Waals surface area contributed by atoms with Crippen LogP contribution >= 0.6 is 15.9 Å². The van der Waals surface area contributed by atoms with Crippen LogP contribution in [0.3, 0.4) is 0 Å². The molecule has 0 unspecified atom stereocenters. The van der Waals surface area contributed by atoms with Gasteiger partial charge in [0, 0.05) is 23.8 Å². The maximum absolute atomic E-state index is 12.7. The molecule has 3 rings (SSSR count). The standard InChI is InChI=1S/C17H21BrN4O/c1-19-11-13-4-3-8-21(12-13)17(23)16-7-9-22(20-16)15-6-2-5-14(18)10-15/h2,5-7,9-10,13,19H,3-4,8,11-12H2,1H3/t13-/m1/s1. The fourth-order valence-electron chi connectivity index (χ4n) is 3.07. The Morgan fingerprint density at radius 2 is 2.30 bits per heavy atom. The van der Waals surface area contributed by atoms with Gasteiger partial charge in [-0.1, -0.05) is 22.0 Å². The van der Waals surface area contributed by atoms with Crippen molar-refractivity contribution in [3.63, 3.8) is 0 Å². The molecule has 0 spiro atoms. The Balaban J connectivity index is 1.73. The topological polar surface area (TPSA) is 50.2 Å². The van der Waals surface area contributed by atoms with Gasteiger partial charge in [0.1, 0.15) is 0 Å². The molecule has 1 fully saturated rings. The Morgan fingerprint density at radius 1 is 1.43 bits per heavy atom. The molecule has 23 heavy (non-hydrogen) atoms. The van der Waals surface area contributed by atoms with Gasteiger partial charge in [0.2, 0.25) is 0 Å². The number of benzene rings is 1. The molecule has 1 amide bonds. The molecule has 2 aromatic rings. The van der Waals surface area contributed by atoms with E-state index >= 15 is 0 Å². The lowest BCUT2D eigenvalue weighted by atomic mass is 9.98. The van der Waals surface area contributed by atoms with Gasteiger partial charge in [-0.2, -0.15) is 5.10 Å². The van der Waals surface area contributed by atoms with E-state index in [1.54, 1.807) is 10.7 Å². The largest absolute Gasteiger partial charge is 0.337 e. The van der Waals surface area contributed by atoms with E-state index in [0.717, 1.165) is 36.2 Å². The number of nitrogens with one attached hydrogen (secondary N) is 1.